The lowest BCUT2D eigenvalue weighted by atomic mass is 9.79. The normalized spacial score (nSPS) is 20.0. The monoisotopic (exact) mass is 331 g/mol. The van der Waals surface area contributed by atoms with Crippen LogP contribution < -0.4 is 5.32 Å². The molecule has 120 valence electrons. The van der Waals surface area contributed by atoms with Crippen molar-refractivity contribution >= 4 is 17.5 Å². The number of aromatic nitrogens is 2. The third-order valence-corrected chi connectivity index (χ3v) is 4.45. The van der Waals surface area contributed by atoms with E-state index in [0.29, 0.717) is 12.2 Å². The predicted molar refractivity (Wildman–Crippen MR) is 87.4 cm³/mol. The average molecular weight is 332 g/mol. The molecule has 2 aromatic rings. The summed E-state index contributed by atoms with van der Waals surface area (Å²) in [6.07, 6.45) is 3.85. The van der Waals surface area contributed by atoms with E-state index in [9.17, 15) is 9.90 Å². The van der Waals surface area contributed by atoms with Gasteiger partial charge in [0.2, 0.25) is 0 Å². The Balaban J connectivity index is 1.78. The topological polar surface area (TPSA) is 75.1 Å². The molecule has 0 aliphatic heterocycles. The molecule has 23 heavy (non-hydrogen) atoms. The molecule has 0 fully saturated rings. The van der Waals surface area contributed by atoms with Crippen LogP contribution in [0.1, 0.15) is 40.3 Å². The highest BCUT2D eigenvalue weighted by molar-refractivity contribution is 6.33. The van der Waals surface area contributed by atoms with Crippen LogP contribution in [-0.4, -0.2) is 27.5 Å². The van der Waals surface area contributed by atoms with Gasteiger partial charge in [0.05, 0.1) is 17.8 Å². The largest absolute Gasteiger partial charge is 0.383 e. The van der Waals surface area contributed by atoms with Crippen LogP contribution in [-0.2, 0) is 12.0 Å². The van der Waals surface area contributed by atoms with Crippen LogP contribution >= 0.6 is 11.6 Å². The van der Waals surface area contributed by atoms with E-state index in [1.165, 1.54) is 6.20 Å². The minimum atomic E-state index is -1.06. The van der Waals surface area contributed by atoms with Gasteiger partial charge in [-0.3, -0.25) is 4.79 Å². The zero-order valence-corrected chi connectivity index (χ0v) is 13.6. The number of nitrogens with one attached hydrogen (secondary N) is 1. The number of aliphatic hydroxyl groups is 1. The molecular weight excluding hydrogens is 314 g/mol. The number of nitrogens with zero attached hydrogens (tertiary/aromatic N) is 2. The third-order valence-electron chi connectivity index (χ3n) is 4.18. The van der Waals surface area contributed by atoms with Gasteiger partial charge in [-0.05, 0) is 37.3 Å². The second-order valence-electron chi connectivity index (χ2n) is 5.84. The summed E-state index contributed by atoms with van der Waals surface area (Å²) in [6.45, 7) is 1.82. The highest BCUT2D eigenvalue weighted by Gasteiger charge is 2.34. The summed E-state index contributed by atoms with van der Waals surface area (Å²) >= 11 is 5.98. The van der Waals surface area contributed by atoms with Crippen LogP contribution in [0.2, 0.25) is 5.02 Å². The molecule has 1 heterocycles. The standard InChI is InChI=1S/C17H18ClN3O2/c1-11-19-9-14(18)15(21-11)16(22)20-10-17(23)8-4-6-12-5-2-3-7-13(12)17/h2-3,5,7,9,23H,4,6,8,10H2,1H3,(H,20,22). The van der Waals surface area contributed by atoms with Gasteiger partial charge in [-0.25, -0.2) is 9.97 Å². The van der Waals surface area contributed by atoms with E-state index < -0.39 is 11.5 Å². The predicted octanol–water partition coefficient (Wildman–Crippen LogP) is 2.39. The first-order valence-corrected chi connectivity index (χ1v) is 7.95. The first-order chi connectivity index (χ1) is 11.0. The van der Waals surface area contributed by atoms with E-state index >= 15 is 0 Å². The van der Waals surface area contributed by atoms with E-state index in [0.717, 1.165) is 24.0 Å². The summed E-state index contributed by atoms with van der Waals surface area (Å²) in [5.74, 6) is 0.0678. The van der Waals surface area contributed by atoms with Crippen molar-refractivity contribution in [2.75, 3.05) is 6.54 Å². The summed E-state index contributed by atoms with van der Waals surface area (Å²) in [5, 5.41) is 13.9. The second kappa shape index (κ2) is 6.26. The minimum Gasteiger partial charge on any atom is -0.383 e. The molecule has 1 aromatic heterocycles. The SMILES string of the molecule is Cc1ncc(Cl)c(C(=O)NCC2(O)CCCc3ccccc32)n1. The molecule has 1 aliphatic carbocycles. The maximum Gasteiger partial charge on any atom is 0.271 e. The molecule has 1 amide bonds. The van der Waals surface area contributed by atoms with Crippen LogP contribution in [0.25, 0.3) is 0 Å². The molecule has 1 aliphatic rings. The number of rotatable bonds is 3. The van der Waals surface area contributed by atoms with Gasteiger partial charge in [0.15, 0.2) is 0 Å². The lowest BCUT2D eigenvalue weighted by molar-refractivity contribution is 0.0189. The Morgan fingerprint density at radius 2 is 2.22 bits per heavy atom. The lowest BCUT2D eigenvalue weighted by Gasteiger charge is -2.34. The number of amides is 1. The first kappa shape index (κ1) is 15.9. The van der Waals surface area contributed by atoms with E-state index in [-0.39, 0.29) is 17.3 Å². The van der Waals surface area contributed by atoms with Crippen molar-refractivity contribution in [3.8, 4) is 0 Å². The number of hydrogen-bond acceptors (Lipinski definition) is 4. The zero-order chi connectivity index (χ0) is 16.4. The Kier molecular flexibility index (Phi) is 4.33. The summed E-state index contributed by atoms with van der Waals surface area (Å²) in [7, 11) is 0. The quantitative estimate of drug-likeness (QED) is 0.905. The van der Waals surface area contributed by atoms with Crippen LogP contribution in [0.4, 0.5) is 0 Å². The Labute approximate surface area is 139 Å². The van der Waals surface area contributed by atoms with Crippen LogP contribution in [0.15, 0.2) is 30.5 Å². The molecule has 5 nitrogen and oxygen atoms in total. The second-order valence-corrected chi connectivity index (χ2v) is 6.25. The first-order valence-electron chi connectivity index (χ1n) is 7.58. The molecule has 0 saturated carbocycles. The van der Waals surface area contributed by atoms with Crippen molar-refractivity contribution in [3.05, 3.63) is 58.1 Å². The highest BCUT2D eigenvalue weighted by Crippen LogP contribution is 2.34. The molecular formula is C17H18ClN3O2. The smallest absolute Gasteiger partial charge is 0.271 e. The number of carbonyl (C=O) groups is 1. The number of fused-ring (bicyclic) bond motifs is 1. The van der Waals surface area contributed by atoms with E-state index in [2.05, 4.69) is 15.3 Å². The van der Waals surface area contributed by atoms with Crippen molar-refractivity contribution < 1.29 is 9.90 Å². The van der Waals surface area contributed by atoms with E-state index in [1.807, 2.05) is 24.3 Å². The fraction of sp³-hybridized carbons (Fsp3) is 0.353. The Morgan fingerprint density at radius 3 is 3.04 bits per heavy atom. The van der Waals surface area contributed by atoms with Gasteiger partial charge < -0.3 is 10.4 Å². The minimum absolute atomic E-state index is 0.127. The molecule has 2 N–H and O–H groups in total. The molecule has 0 saturated heterocycles. The number of halogens is 1. The van der Waals surface area contributed by atoms with Gasteiger partial charge in [0.25, 0.3) is 5.91 Å². The summed E-state index contributed by atoms with van der Waals surface area (Å²) in [4.78, 5) is 20.3. The van der Waals surface area contributed by atoms with Crippen molar-refractivity contribution in [1.29, 1.82) is 0 Å². The van der Waals surface area contributed by atoms with Crippen molar-refractivity contribution in [1.82, 2.24) is 15.3 Å². The number of carbonyl (C=O) groups excluding carboxylic acids is 1. The van der Waals surface area contributed by atoms with Gasteiger partial charge in [-0.2, -0.15) is 0 Å². The molecule has 1 aromatic carbocycles. The van der Waals surface area contributed by atoms with Crippen LogP contribution in [0.3, 0.4) is 0 Å². The molecule has 6 heteroatoms. The van der Waals surface area contributed by atoms with Crippen LogP contribution in [0.5, 0.6) is 0 Å². The molecule has 1 atom stereocenters. The number of hydrogen-bond donors (Lipinski definition) is 2. The van der Waals surface area contributed by atoms with Crippen molar-refractivity contribution in [2.24, 2.45) is 0 Å². The van der Waals surface area contributed by atoms with Crippen LogP contribution in [0, 0.1) is 6.92 Å². The maximum absolute atomic E-state index is 12.3. The molecule has 0 spiro atoms. The lowest BCUT2D eigenvalue weighted by Crippen LogP contribution is -2.43. The third kappa shape index (κ3) is 3.21. The average Bonchev–Trinajstić information content (AvgIpc) is 2.55. The van der Waals surface area contributed by atoms with E-state index in [4.69, 9.17) is 11.6 Å². The molecule has 0 radical (unpaired) electrons. The molecule has 3 rings (SSSR count). The zero-order valence-electron chi connectivity index (χ0n) is 12.8. The Hall–Kier alpha value is -1.98. The Morgan fingerprint density at radius 1 is 1.43 bits per heavy atom. The summed E-state index contributed by atoms with van der Waals surface area (Å²) < 4.78 is 0. The highest BCUT2D eigenvalue weighted by atomic mass is 35.5. The van der Waals surface area contributed by atoms with Crippen molar-refractivity contribution in [3.63, 3.8) is 0 Å². The van der Waals surface area contributed by atoms with Gasteiger partial charge in [-0.15, -0.1) is 0 Å². The number of aryl methyl sites for hydroxylation is 2. The van der Waals surface area contributed by atoms with Gasteiger partial charge in [0.1, 0.15) is 17.1 Å². The molecule has 1 unspecified atom stereocenters. The van der Waals surface area contributed by atoms with E-state index in [1.54, 1.807) is 6.92 Å². The number of benzene rings is 1. The van der Waals surface area contributed by atoms with Gasteiger partial charge in [0, 0.05) is 0 Å². The fourth-order valence-corrected chi connectivity index (χ4v) is 3.18. The Bertz CT molecular complexity index is 750. The maximum atomic E-state index is 12.3. The van der Waals surface area contributed by atoms with Gasteiger partial charge in [-0.1, -0.05) is 35.9 Å². The molecule has 0 bridgehead atoms. The fourth-order valence-electron chi connectivity index (χ4n) is 3.01. The summed E-state index contributed by atoms with van der Waals surface area (Å²) in [5.41, 5.74) is 1.09. The summed E-state index contributed by atoms with van der Waals surface area (Å²) in [6, 6.07) is 7.81. The van der Waals surface area contributed by atoms with Crippen molar-refractivity contribution in [2.45, 2.75) is 31.8 Å². The van der Waals surface area contributed by atoms with Gasteiger partial charge >= 0.3 is 0 Å².